The molecule has 0 amide bonds. The maximum absolute atomic E-state index is 13.6. The molecule has 2 aliphatic carbocycles. The Morgan fingerprint density at radius 3 is 2.29 bits per heavy atom. The Labute approximate surface area is 341 Å². The quantitative estimate of drug-likeness (QED) is 0.0787. The van der Waals surface area contributed by atoms with E-state index in [0.29, 0.717) is 24.5 Å². The molecule has 2 heterocycles. The molecule has 5 unspecified atom stereocenters. The standard InChI is InChI=1S/C47H64O8Se/c1-3-17-34-26-27-36(32-34)40(53-44-24-13-15-30-51-44)29-28-39-38(22-11-6-12-23-43(47(49)50-2)56-37-20-9-5-10-21-37)41(54-45-25-14-16-31-52-45)33-42(39)55-46(48)35-18-7-4-8-19-35/h4-11,18-21,28-29,34,36,38-45H,3,12-17,22-27,30-33H2,1-2H3/b11-6-,29-28+/t34?,36?,38-,39-,40-,41+,42-,43?,44?,45?/m1/s1. The molecule has 2 aromatic carbocycles. The maximum atomic E-state index is 13.6. The first-order chi connectivity index (χ1) is 27.5. The molecule has 0 bridgehead atoms. The first-order valence-electron chi connectivity index (χ1n) is 21.4. The van der Waals surface area contributed by atoms with Crippen molar-refractivity contribution >= 4 is 31.4 Å². The molecule has 2 saturated heterocycles. The Balaban J connectivity index is 1.23. The van der Waals surface area contributed by atoms with Gasteiger partial charge in [0.25, 0.3) is 0 Å². The van der Waals surface area contributed by atoms with E-state index in [1.807, 2.05) is 48.5 Å². The van der Waals surface area contributed by atoms with E-state index in [1.165, 1.54) is 37.3 Å². The first-order valence-corrected chi connectivity index (χ1v) is 23.3. The van der Waals surface area contributed by atoms with Crippen molar-refractivity contribution in [2.24, 2.45) is 23.7 Å². The Bertz CT molecular complexity index is 1500. The second-order valence-electron chi connectivity index (χ2n) is 16.0. The summed E-state index contributed by atoms with van der Waals surface area (Å²) in [6.45, 7) is 3.73. The van der Waals surface area contributed by atoms with Crippen LogP contribution >= 0.6 is 0 Å². The Kier molecular flexibility index (Phi) is 17.6. The summed E-state index contributed by atoms with van der Waals surface area (Å²) in [5, 5.41) is 0. The number of hydrogen-bond donors (Lipinski definition) is 0. The molecule has 0 spiro atoms. The zero-order valence-electron chi connectivity index (χ0n) is 33.6. The van der Waals surface area contributed by atoms with Crippen LogP contribution in [0.2, 0.25) is 4.82 Å². The van der Waals surface area contributed by atoms with Crippen LogP contribution in [0.1, 0.15) is 114 Å². The summed E-state index contributed by atoms with van der Waals surface area (Å²) in [7, 11) is 1.48. The average Bonchev–Trinajstić information content (AvgIpc) is 3.83. The van der Waals surface area contributed by atoms with Gasteiger partial charge in [-0.2, -0.15) is 0 Å². The Hall–Kier alpha value is -2.78. The third kappa shape index (κ3) is 12.9. The number of carbonyl (C=O) groups is 2. The van der Waals surface area contributed by atoms with E-state index >= 15 is 0 Å². The van der Waals surface area contributed by atoms with Crippen LogP contribution in [0.4, 0.5) is 0 Å². The van der Waals surface area contributed by atoms with Gasteiger partial charge in [-0.15, -0.1) is 0 Å². The zero-order valence-corrected chi connectivity index (χ0v) is 35.3. The van der Waals surface area contributed by atoms with Gasteiger partial charge >= 0.3 is 224 Å². The van der Waals surface area contributed by atoms with Gasteiger partial charge in [-0.1, -0.05) is 44.4 Å². The number of carbonyl (C=O) groups excluding carboxylic acids is 2. The molecule has 10 atom stereocenters. The minimum atomic E-state index is -0.369. The van der Waals surface area contributed by atoms with Crippen LogP contribution in [-0.2, 0) is 33.2 Å². The summed E-state index contributed by atoms with van der Waals surface area (Å²) in [5.74, 6) is 0.674. The van der Waals surface area contributed by atoms with Gasteiger partial charge in [0.1, 0.15) is 0 Å². The van der Waals surface area contributed by atoms with Crippen LogP contribution in [-0.4, -0.2) is 78.1 Å². The fourth-order valence-corrected chi connectivity index (χ4v) is 11.3. The predicted molar refractivity (Wildman–Crippen MR) is 220 cm³/mol. The summed E-state index contributed by atoms with van der Waals surface area (Å²) in [5.41, 5.74) is 0.549. The predicted octanol–water partition coefficient (Wildman–Crippen LogP) is 9.16. The number of methoxy groups -OCH3 is 1. The fourth-order valence-electron chi connectivity index (χ4n) is 9.00. The molecule has 2 aliphatic heterocycles. The molecule has 6 rings (SSSR count). The summed E-state index contributed by atoms with van der Waals surface area (Å²) >= 11 is -0.0184. The molecular weight excluding hydrogens is 771 g/mol. The van der Waals surface area contributed by atoms with Crippen molar-refractivity contribution in [1.29, 1.82) is 0 Å². The van der Waals surface area contributed by atoms with Crippen LogP contribution in [0.5, 0.6) is 0 Å². The number of esters is 2. The number of hydrogen-bond acceptors (Lipinski definition) is 8. The number of allylic oxidation sites excluding steroid dienone is 2. The smallest absolute Gasteiger partial charge is 0.353 e. The molecule has 8 nitrogen and oxygen atoms in total. The molecule has 306 valence electrons. The van der Waals surface area contributed by atoms with Gasteiger partial charge in [0.05, 0.1) is 0 Å². The third-order valence-electron chi connectivity index (χ3n) is 12.0. The van der Waals surface area contributed by atoms with Gasteiger partial charge in [-0.05, 0) is 56.6 Å². The Morgan fingerprint density at radius 2 is 1.59 bits per heavy atom. The van der Waals surface area contributed by atoms with Crippen molar-refractivity contribution in [3.05, 3.63) is 90.5 Å². The van der Waals surface area contributed by atoms with Gasteiger partial charge in [-0.3, -0.25) is 0 Å². The van der Waals surface area contributed by atoms with E-state index < -0.39 is 0 Å². The molecule has 4 fully saturated rings. The van der Waals surface area contributed by atoms with Crippen molar-refractivity contribution in [1.82, 2.24) is 0 Å². The van der Waals surface area contributed by atoms with Crippen molar-refractivity contribution in [3.63, 3.8) is 0 Å². The monoisotopic (exact) mass is 836 g/mol. The van der Waals surface area contributed by atoms with Crippen molar-refractivity contribution in [3.8, 4) is 0 Å². The normalized spacial score (nSPS) is 29.4. The van der Waals surface area contributed by atoms with E-state index in [9.17, 15) is 9.59 Å². The topological polar surface area (TPSA) is 89.5 Å². The van der Waals surface area contributed by atoms with Gasteiger partial charge in [-0.25, -0.2) is 0 Å². The van der Waals surface area contributed by atoms with Crippen molar-refractivity contribution in [2.45, 2.75) is 139 Å². The third-order valence-corrected chi connectivity index (χ3v) is 14.6. The number of ether oxygens (including phenoxy) is 6. The van der Waals surface area contributed by atoms with Crippen LogP contribution in [0, 0.1) is 23.7 Å². The SMILES string of the molecule is CCCC1CCC([C@@H](/C=C/[C@@H]2[C@@H](C/C=C\CCC([Se]c3ccccc3)C(=O)OC)[C@@H](OC3CCCCO3)C[C@H]2OC(=O)c2ccccc2)OC2CCCCO2)C1. The van der Waals surface area contributed by atoms with Gasteiger partial charge in [0.2, 0.25) is 0 Å². The molecule has 0 aromatic heterocycles. The molecule has 4 aliphatic rings. The molecule has 9 heteroatoms. The van der Waals surface area contributed by atoms with Crippen molar-refractivity contribution < 1.29 is 38.0 Å². The number of rotatable bonds is 19. The molecule has 2 saturated carbocycles. The van der Waals surface area contributed by atoms with E-state index in [-0.39, 0.29) is 74.4 Å². The average molecular weight is 836 g/mol. The molecule has 56 heavy (non-hydrogen) atoms. The molecule has 0 radical (unpaired) electrons. The zero-order chi connectivity index (χ0) is 39.0. The van der Waals surface area contributed by atoms with Crippen LogP contribution in [0.3, 0.4) is 0 Å². The van der Waals surface area contributed by atoms with E-state index in [1.54, 1.807) is 0 Å². The molecule has 2 aromatic rings. The van der Waals surface area contributed by atoms with E-state index in [0.717, 1.165) is 76.7 Å². The van der Waals surface area contributed by atoms with E-state index in [4.69, 9.17) is 28.4 Å². The van der Waals surface area contributed by atoms with E-state index in [2.05, 4.69) is 43.4 Å². The summed E-state index contributed by atoms with van der Waals surface area (Å²) in [6.07, 6.45) is 23.0. The second-order valence-corrected chi connectivity index (χ2v) is 18.7. The summed E-state index contributed by atoms with van der Waals surface area (Å²) < 4.78 is 38.6. The second kappa shape index (κ2) is 23.0. The minimum Gasteiger partial charge on any atom is -0.353 e. The Morgan fingerprint density at radius 1 is 0.857 bits per heavy atom. The fraction of sp³-hybridized carbons (Fsp3) is 0.617. The summed E-state index contributed by atoms with van der Waals surface area (Å²) in [6, 6.07) is 19.5. The van der Waals surface area contributed by atoms with Gasteiger partial charge in [0.15, 0.2) is 6.29 Å². The van der Waals surface area contributed by atoms with Crippen LogP contribution < -0.4 is 4.46 Å². The minimum absolute atomic E-state index is 0.0184. The number of benzene rings is 2. The van der Waals surface area contributed by atoms with Crippen molar-refractivity contribution in [2.75, 3.05) is 20.3 Å². The van der Waals surface area contributed by atoms with Crippen LogP contribution in [0.15, 0.2) is 85.0 Å². The first kappa shape index (κ1) is 42.8. The van der Waals surface area contributed by atoms with Gasteiger partial charge in [0, 0.05) is 6.61 Å². The molecular formula is C47H64O8Se. The molecule has 0 N–H and O–H groups in total. The van der Waals surface area contributed by atoms with Crippen LogP contribution in [0.25, 0.3) is 0 Å². The summed E-state index contributed by atoms with van der Waals surface area (Å²) in [4.78, 5) is 26.2. The van der Waals surface area contributed by atoms with Gasteiger partial charge < -0.3 is 4.74 Å².